The number of thioether (sulfide) groups is 1. The maximum atomic E-state index is 12.3. The van der Waals surface area contributed by atoms with Crippen LogP contribution in [-0.2, 0) is 4.79 Å². The summed E-state index contributed by atoms with van der Waals surface area (Å²) in [6.45, 7) is 2.48. The van der Waals surface area contributed by atoms with Gasteiger partial charge in [0.15, 0.2) is 16.7 Å². The molecule has 0 aromatic heterocycles. The number of amidine groups is 1. The van der Waals surface area contributed by atoms with E-state index < -0.39 is 0 Å². The van der Waals surface area contributed by atoms with E-state index in [2.05, 4.69) is 10.3 Å². The van der Waals surface area contributed by atoms with Gasteiger partial charge < -0.3 is 19.5 Å². The van der Waals surface area contributed by atoms with Gasteiger partial charge in [-0.1, -0.05) is 30.0 Å². The third-order valence-electron chi connectivity index (χ3n) is 4.30. The monoisotopic (exact) mass is 412 g/mol. The quantitative estimate of drug-likeness (QED) is 0.694. The van der Waals surface area contributed by atoms with Crippen LogP contribution in [0.4, 0.5) is 0 Å². The number of amides is 1. The van der Waals surface area contributed by atoms with Gasteiger partial charge in [0.05, 0.1) is 26.9 Å². The zero-order chi connectivity index (χ0) is 20.6. The average molecular weight is 413 g/mol. The molecule has 2 aromatic rings. The molecule has 0 saturated carbocycles. The van der Waals surface area contributed by atoms with E-state index in [-0.39, 0.29) is 11.9 Å². The molecule has 1 heterocycles. The minimum absolute atomic E-state index is 0.0283. The number of methoxy groups -OCH3 is 2. The van der Waals surface area contributed by atoms with Crippen molar-refractivity contribution in [2.45, 2.75) is 13.0 Å². The molecule has 2 aromatic carbocycles. The molecular weight excluding hydrogens is 388 g/mol. The molecule has 0 saturated heterocycles. The van der Waals surface area contributed by atoms with Gasteiger partial charge in [-0.3, -0.25) is 9.79 Å². The van der Waals surface area contributed by atoms with E-state index >= 15 is 0 Å². The molecule has 6 nitrogen and oxygen atoms in total. The molecule has 1 unspecified atom stereocenters. The van der Waals surface area contributed by atoms with E-state index in [0.29, 0.717) is 23.3 Å². The van der Waals surface area contributed by atoms with Crippen LogP contribution in [0.5, 0.6) is 17.2 Å². The van der Waals surface area contributed by atoms with Crippen molar-refractivity contribution < 1.29 is 19.0 Å². The number of rotatable bonds is 7. The van der Waals surface area contributed by atoms with Crippen molar-refractivity contribution in [1.29, 1.82) is 0 Å². The number of carbonyl (C=O) groups excluding carboxylic acids is 1. The van der Waals surface area contributed by atoms with E-state index in [0.717, 1.165) is 22.6 Å². The molecule has 0 aliphatic carbocycles. The van der Waals surface area contributed by atoms with Crippen LogP contribution in [0.1, 0.15) is 24.1 Å². The SMILES string of the molecule is CCOc1ccc(/C=C/C(=O)NC2=NC(c3ccc(OC)cc3)CS2)cc1OC. The van der Waals surface area contributed by atoms with E-state index in [4.69, 9.17) is 14.2 Å². The molecule has 29 heavy (non-hydrogen) atoms. The Bertz CT molecular complexity index is 910. The van der Waals surface area contributed by atoms with Gasteiger partial charge in [-0.05, 0) is 48.4 Å². The summed E-state index contributed by atoms with van der Waals surface area (Å²) in [6.07, 6.45) is 3.22. The lowest BCUT2D eigenvalue weighted by Gasteiger charge is -2.09. The Kier molecular flexibility index (Phi) is 7.19. The molecule has 7 heteroatoms. The highest BCUT2D eigenvalue weighted by Crippen LogP contribution is 2.31. The van der Waals surface area contributed by atoms with Crippen LogP contribution in [0.15, 0.2) is 53.5 Å². The van der Waals surface area contributed by atoms with E-state index in [9.17, 15) is 4.79 Å². The molecule has 3 rings (SSSR count). The van der Waals surface area contributed by atoms with Crippen LogP contribution in [-0.4, -0.2) is 37.7 Å². The van der Waals surface area contributed by atoms with Crippen molar-refractivity contribution in [3.8, 4) is 17.2 Å². The fourth-order valence-electron chi connectivity index (χ4n) is 2.82. The summed E-state index contributed by atoms with van der Waals surface area (Å²) in [5.74, 6) is 2.69. The van der Waals surface area contributed by atoms with Crippen LogP contribution in [0.25, 0.3) is 6.08 Å². The first-order chi connectivity index (χ1) is 14.1. The Balaban J connectivity index is 1.60. The van der Waals surface area contributed by atoms with Gasteiger partial charge in [-0.15, -0.1) is 0 Å². The molecule has 152 valence electrons. The van der Waals surface area contributed by atoms with Crippen LogP contribution in [0, 0.1) is 0 Å². The Hall–Kier alpha value is -2.93. The Morgan fingerprint density at radius 3 is 2.66 bits per heavy atom. The van der Waals surface area contributed by atoms with Crippen LogP contribution >= 0.6 is 11.8 Å². The van der Waals surface area contributed by atoms with Gasteiger partial charge in [0, 0.05) is 11.8 Å². The summed E-state index contributed by atoms with van der Waals surface area (Å²) < 4.78 is 16.0. The summed E-state index contributed by atoms with van der Waals surface area (Å²) in [5, 5.41) is 3.47. The standard InChI is InChI=1S/C22H24N2O4S/c1-4-28-19-11-5-15(13-20(19)27-3)6-12-21(25)24-22-23-18(14-29-22)16-7-9-17(26-2)10-8-16/h5-13,18H,4,14H2,1-3H3,(H,23,24,25)/b12-6+. The third kappa shape index (κ3) is 5.54. The number of carbonyl (C=O) groups is 1. The van der Waals surface area contributed by atoms with Crippen molar-refractivity contribution in [1.82, 2.24) is 5.32 Å². The molecule has 1 atom stereocenters. The van der Waals surface area contributed by atoms with Gasteiger partial charge in [0.25, 0.3) is 0 Å². The lowest BCUT2D eigenvalue weighted by Crippen LogP contribution is -2.25. The van der Waals surface area contributed by atoms with Crippen molar-refractivity contribution >= 4 is 28.9 Å². The number of ether oxygens (including phenoxy) is 3. The zero-order valence-electron chi connectivity index (χ0n) is 16.7. The summed E-state index contributed by atoms with van der Waals surface area (Å²) in [6, 6.07) is 13.4. The topological polar surface area (TPSA) is 69.2 Å². The number of hydrogen-bond acceptors (Lipinski definition) is 6. The van der Waals surface area contributed by atoms with E-state index in [1.807, 2.05) is 49.4 Å². The molecule has 1 aliphatic rings. The number of benzene rings is 2. The predicted octanol–water partition coefficient (Wildman–Crippen LogP) is 4.08. The Labute approximate surface area is 175 Å². The van der Waals surface area contributed by atoms with E-state index in [1.54, 1.807) is 20.3 Å². The fourth-order valence-corrected chi connectivity index (χ4v) is 3.78. The van der Waals surface area contributed by atoms with Gasteiger partial charge in [0.2, 0.25) is 5.91 Å². The number of aliphatic imine (C=N–C) groups is 1. The van der Waals surface area contributed by atoms with Crippen molar-refractivity contribution in [3.05, 3.63) is 59.7 Å². The smallest absolute Gasteiger partial charge is 0.249 e. The van der Waals surface area contributed by atoms with Gasteiger partial charge in [-0.2, -0.15) is 0 Å². The lowest BCUT2D eigenvalue weighted by atomic mass is 10.1. The van der Waals surface area contributed by atoms with Crippen LogP contribution in [0.3, 0.4) is 0 Å². The Morgan fingerprint density at radius 2 is 1.97 bits per heavy atom. The van der Waals surface area contributed by atoms with Gasteiger partial charge in [0.1, 0.15) is 5.75 Å². The fraction of sp³-hybridized carbons (Fsp3) is 0.273. The second kappa shape index (κ2) is 10.0. The highest BCUT2D eigenvalue weighted by Gasteiger charge is 2.20. The lowest BCUT2D eigenvalue weighted by molar-refractivity contribution is -0.115. The Morgan fingerprint density at radius 1 is 1.17 bits per heavy atom. The van der Waals surface area contributed by atoms with Crippen molar-refractivity contribution in [2.24, 2.45) is 4.99 Å². The van der Waals surface area contributed by atoms with Crippen LogP contribution in [0.2, 0.25) is 0 Å². The average Bonchev–Trinajstić information content (AvgIpc) is 3.21. The largest absolute Gasteiger partial charge is 0.497 e. The van der Waals surface area contributed by atoms with Gasteiger partial charge in [-0.25, -0.2) is 0 Å². The van der Waals surface area contributed by atoms with Crippen molar-refractivity contribution in [3.63, 3.8) is 0 Å². The summed E-state index contributed by atoms with van der Waals surface area (Å²) in [5.41, 5.74) is 1.94. The molecule has 0 radical (unpaired) electrons. The second-order valence-corrected chi connectivity index (χ2v) is 7.21. The number of nitrogens with zero attached hydrogens (tertiary/aromatic N) is 1. The third-order valence-corrected chi connectivity index (χ3v) is 5.26. The maximum absolute atomic E-state index is 12.3. The number of hydrogen-bond donors (Lipinski definition) is 1. The summed E-state index contributed by atoms with van der Waals surface area (Å²) in [7, 11) is 3.23. The summed E-state index contributed by atoms with van der Waals surface area (Å²) >= 11 is 1.54. The maximum Gasteiger partial charge on any atom is 0.249 e. The van der Waals surface area contributed by atoms with Crippen LogP contribution < -0.4 is 19.5 Å². The molecular formula is C22H24N2O4S. The molecule has 1 N–H and O–H groups in total. The first kappa shape index (κ1) is 20.8. The minimum Gasteiger partial charge on any atom is -0.497 e. The molecule has 1 aliphatic heterocycles. The van der Waals surface area contributed by atoms with E-state index in [1.165, 1.54) is 17.8 Å². The second-order valence-electron chi connectivity index (χ2n) is 6.20. The predicted molar refractivity (Wildman–Crippen MR) is 117 cm³/mol. The first-order valence-corrected chi connectivity index (χ1v) is 10.3. The molecule has 1 amide bonds. The normalized spacial score (nSPS) is 15.8. The molecule has 0 fully saturated rings. The summed E-state index contributed by atoms with van der Waals surface area (Å²) in [4.78, 5) is 16.9. The highest BCUT2D eigenvalue weighted by molar-refractivity contribution is 8.14. The number of nitrogens with one attached hydrogen (secondary N) is 1. The van der Waals surface area contributed by atoms with Crippen molar-refractivity contribution in [2.75, 3.05) is 26.6 Å². The first-order valence-electron chi connectivity index (χ1n) is 9.27. The van der Waals surface area contributed by atoms with Gasteiger partial charge >= 0.3 is 0 Å². The zero-order valence-corrected chi connectivity index (χ0v) is 17.5. The molecule has 0 bridgehead atoms. The molecule has 0 spiro atoms. The highest BCUT2D eigenvalue weighted by atomic mass is 32.2. The minimum atomic E-state index is -0.223.